The lowest BCUT2D eigenvalue weighted by molar-refractivity contribution is -0.143. The van der Waals surface area contributed by atoms with Crippen molar-refractivity contribution in [2.24, 2.45) is 0 Å². The van der Waals surface area contributed by atoms with Crippen molar-refractivity contribution < 1.29 is 24.5 Å². The van der Waals surface area contributed by atoms with E-state index in [9.17, 15) is 19.8 Å². The van der Waals surface area contributed by atoms with E-state index in [0.717, 1.165) is 70.6 Å². The van der Waals surface area contributed by atoms with Gasteiger partial charge < -0.3 is 20.3 Å². The van der Waals surface area contributed by atoms with Gasteiger partial charge in [0, 0.05) is 12.8 Å². The average Bonchev–Trinajstić information content (AvgIpc) is 3.34. The highest BCUT2D eigenvalue weighted by atomic mass is 16.5. The Hall–Kier alpha value is -1.92. The Kier molecular flexibility index (Phi) is 56.0. The van der Waals surface area contributed by atoms with Crippen molar-refractivity contribution in [1.29, 1.82) is 0 Å². The molecule has 0 fully saturated rings. The van der Waals surface area contributed by atoms with Crippen LogP contribution in [-0.2, 0) is 14.3 Å². The van der Waals surface area contributed by atoms with Crippen molar-refractivity contribution in [3.63, 3.8) is 0 Å². The molecule has 0 rings (SSSR count). The van der Waals surface area contributed by atoms with E-state index in [0.29, 0.717) is 19.4 Å². The highest BCUT2D eigenvalue weighted by Gasteiger charge is 2.18. The number of rotatable bonds is 56. The molecule has 68 heavy (non-hydrogen) atoms. The van der Waals surface area contributed by atoms with Crippen LogP contribution in [0.15, 0.2) is 36.5 Å². The third-order valence-electron chi connectivity index (χ3n) is 13.9. The Balaban J connectivity index is 3.51. The van der Waals surface area contributed by atoms with Crippen LogP contribution >= 0.6 is 0 Å². The third kappa shape index (κ3) is 53.4. The minimum absolute atomic E-state index is 0.0189. The molecule has 0 heterocycles. The maximum absolute atomic E-state index is 12.5. The number of amides is 1. The van der Waals surface area contributed by atoms with Crippen molar-refractivity contribution >= 4 is 11.9 Å². The van der Waals surface area contributed by atoms with Crippen molar-refractivity contribution in [3.05, 3.63) is 36.5 Å². The number of aliphatic hydroxyl groups excluding tert-OH is 2. The molecule has 0 spiro atoms. The van der Waals surface area contributed by atoms with Gasteiger partial charge in [-0.1, -0.05) is 262 Å². The highest BCUT2D eigenvalue weighted by Crippen LogP contribution is 2.17. The van der Waals surface area contributed by atoms with Gasteiger partial charge in [0.1, 0.15) is 0 Å². The molecule has 0 aromatic heterocycles. The summed E-state index contributed by atoms with van der Waals surface area (Å²) in [4.78, 5) is 24.5. The Bertz CT molecular complexity index is 1100. The molecule has 0 bridgehead atoms. The molecule has 0 radical (unpaired) electrons. The Morgan fingerprint density at radius 3 is 1.04 bits per heavy atom. The summed E-state index contributed by atoms with van der Waals surface area (Å²) in [6, 6.07) is -0.641. The maximum Gasteiger partial charge on any atom is 0.305 e. The zero-order valence-corrected chi connectivity index (χ0v) is 45.6. The Morgan fingerprint density at radius 1 is 0.397 bits per heavy atom. The predicted molar refractivity (Wildman–Crippen MR) is 296 cm³/mol. The number of nitrogens with one attached hydrogen (secondary N) is 1. The normalized spacial score (nSPS) is 12.8. The van der Waals surface area contributed by atoms with E-state index < -0.39 is 12.1 Å². The second kappa shape index (κ2) is 57.7. The minimum atomic E-state index is -0.856. The van der Waals surface area contributed by atoms with Gasteiger partial charge in [0.25, 0.3) is 0 Å². The lowest BCUT2D eigenvalue weighted by Gasteiger charge is -2.20. The molecule has 0 aliphatic rings. The molecule has 0 aromatic carbocycles. The van der Waals surface area contributed by atoms with E-state index in [1.54, 1.807) is 6.08 Å². The Labute approximate surface area is 424 Å². The number of esters is 1. The topological polar surface area (TPSA) is 95.9 Å². The molecule has 0 saturated heterocycles. The molecule has 2 atom stereocenters. The largest absolute Gasteiger partial charge is 0.466 e. The first-order valence-electron chi connectivity index (χ1n) is 30.3. The number of unbranched alkanes of at least 4 members (excludes halogenated alkanes) is 41. The summed E-state index contributed by atoms with van der Waals surface area (Å²) in [7, 11) is 0. The van der Waals surface area contributed by atoms with Gasteiger partial charge in [-0.3, -0.25) is 9.59 Å². The fraction of sp³-hybridized carbons (Fsp3) is 0.871. The first kappa shape index (κ1) is 66.1. The van der Waals surface area contributed by atoms with Crippen LogP contribution in [0.1, 0.15) is 322 Å². The van der Waals surface area contributed by atoms with E-state index in [1.165, 1.54) is 225 Å². The number of carbonyl (C=O) groups excluding carboxylic acids is 2. The standard InChI is InChI=1S/C62H117NO5/c1-3-5-7-9-11-13-15-17-19-20-21-22-23-24-27-30-34-38-42-46-50-54-60(65)59(58-64)63-61(66)55-51-47-43-39-35-31-28-25-29-33-37-41-45-49-53-57-68-62(67)56-52-48-44-40-36-32-26-18-16-14-12-10-8-6-4-2/h18,26,29,33,50,54,59-60,64-65H,3-17,19-25,27-28,30-32,34-49,51-53,55-58H2,1-2H3,(H,63,66)/b26-18-,33-29-,54-50+. The van der Waals surface area contributed by atoms with Crippen LogP contribution in [0.4, 0.5) is 0 Å². The molecule has 0 saturated carbocycles. The van der Waals surface area contributed by atoms with E-state index >= 15 is 0 Å². The van der Waals surface area contributed by atoms with Gasteiger partial charge in [-0.05, 0) is 83.5 Å². The van der Waals surface area contributed by atoms with Crippen LogP contribution in [0.2, 0.25) is 0 Å². The molecule has 0 aliphatic heterocycles. The van der Waals surface area contributed by atoms with Crippen LogP contribution in [0.5, 0.6) is 0 Å². The molecule has 0 aromatic rings. The van der Waals surface area contributed by atoms with Crippen molar-refractivity contribution in [3.8, 4) is 0 Å². The molecular weight excluding hydrogens is 839 g/mol. The number of allylic oxidation sites excluding steroid dienone is 5. The summed E-state index contributed by atoms with van der Waals surface area (Å²) in [5.74, 6) is -0.100. The van der Waals surface area contributed by atoms with Gasteiger partial charge in [-0.15, -0.1) is 0 Å². The third-order valence-corrected chi connectivity index (χ3v) is 13.9. The minimum Gasteiger partial charge on any atom is -0.466 e. The zero-order chi connectivity index (χ0) is 49.3. The number of aliphatic hydroxyl groups is 2. The number of carbonyl (C=O) groups is 2. The molecule has 3 N–H and O–H groups in total. The van der Waals surface area contributed by atoms with Gasteiger partial charge in [0.05, 0.1) is 25.4 Å². The molecular formula is C62H117NO5. The van der Waals surface area contributed by atoms with Gasteiger partial charge >= 0.3 is 5.97 Å². The monoisotopic (exact) mass is 956 g/mol. The van der Waals surface area contributed by atoms with Crippen molar-refractivity contribution in [2.45, 2.75) is 334 Å². The number of ether oxygens (including phenoxy) is 1. The Morgan fingerprint density at radius 2 is 0.691 bits per heavy atom. The second-order valence-corrected chi connectivity index (χ2v) is 20.7. The summed E-state index contributed by atoms with van der Waals surface area (Å²) >= 11 is 0. The van der Waals surface area contributed by atoms with Crippen LogP contribution in [-0.4, -0.2) is 47.4 Å². The highest BCUT2D eigenvalue weighted by molar-refractivity contribution is 5.76. The average molecular weight is 957 g/mol. The second-order valence-electron chi connectivity index (χ2n) is 20.7. The summed E-state index contributed by atoms with van der Waals surface area (Å²) < 4.78 is 5.46. The van der Waals surface area contributed by atoms with Gasteiger partial charge in [-0.2, -0.15) is 0 Å². The van der Waals surface area contributed by atoms with Crippen LogP contribution < -0.4 is 5.32 Å². The summed E-state index contributed by atoms with van der Waals surface area (Å²) in [6.07, 6.45) is 71.7. The van der Waals surface area contributed by atoms with Crippen LogP contribution in [0.25, 0.3) is 0 Å². The fourth-order valence-corrected chi connectivity index (χ4v) is 9.21. The molecule has 6 heteroatoms. The lowest BCUT2D eigenvalue weighted by Crippen LogP contribution is -2.45. The number of hydrogen-bond acceptors (Lipinski definition) is 5. The summed E-state index contributed by atoms with van der Waals surface area (Å²) in [5, 5.41) is 23.2. The van der Waals surface area contributed by atoms with Crippen LogP contribution in [0, 0.1) is 0 Å². The molecule has 400 valence electrons. The zero-order valence-electron chi connectivity index (χ0n) is 45.6. The molecule has 1 amide bonds. The van der Waals surface area contributed by atoms with Crippen molar-refractivity contribution in [2.75, 3.05) is 13.2 Å². The van der Waals surface area contributed by atoms with Crippen LogP contribution in [0.3, 0.4) is 0 Å². The summed E-state index contributed by atoms with van der Waals surface area (Å²) in [6.45, 7) is 4.87. The van der Waals surface area contributed by atoms with Crippen molar-refractivity contribution in [1.82, 2.24) is 5.32 Å². The fourth-order valence-electron chi connectivity index (χ4n) is 9.21. The first-order chi connectivity index (χ1) is 33.5. The van der Waals surface area contributed by atoms with E-state index in [1.807, 2.05) is 6.08 Å². The van der Waals surface area contributed by atoms with E-state index in [2.05, 4.69) is 43.5 Å². The molecule has 2 unspecified atom stereocenters. The number of hydrogen-bond donors (Lipinski definition) is 3. The quantitative estimate of drug-likeness (QED) is 0.0321. The molecule has 0 aliphatic carbocycles. The molecule has 6 nitrogen and oxygen atoms in total. The van der Waals surface area contributed by atoms with Gasteiger partial charge in [-0.25, -0.2) is 0 Å². The van der Waals surface area contributed by atoms with Gasteiger partial charge in [0.15, 0.2) is 0 Å². The summed E-state index contributed by atoms with van der Waals surface area (Å²) in [5.41, 5.74) is 0. The van der Waals surface area contributed by atoms with E-state index in [-0.39, 0.29) is 18.5 Å². The maximum atomic E-state index is 12.5. The SMILES string of the molecule is CCCCCCCC/C=C\CCCCCCCC(=O)OCCCCCC/C=C\CCCCCCCCCC(=O)NC(CO)C(O)/C=C/CCCCCCCCCCCCCCCCCCCCC. The first-order valence-corrected chi connectivity index (χ1v) is 30.3. The smallest absolute Gasteiger partial charge is 0.305 e. The predicted octanol–water partition coefficient (Wildman–Crippen LogP) is 18.8. The van der Waals surface area contributed by atoms with Gasteiger partial charge in [0.2, 0.25) is 5.91 Å². The lowest BCUT2D eigenvalue weighted by atomic mass is 10.0. The van der Waals surface area contributed by atoms with E-state index in [4.69, 9.17) is 4.74 Å².